The molecular weight excluding hydrogens is 614 g/mol. The molecule has 0 bridgehead atoms. The molecule has 0 saturated heterocycles. The second-order valence-corrected chi connectivity index (χ2v) is 12.7. The van der Waals surface area contributed by atoms with E-state index in [-0.39, 0.29) is 49.6 Å². The van der Waals surface area contributed by atoms with E-state index in [9.17, 15) is 18.0 Å². The third-order valence-corrected chi connectivity index (χ3v) is 9.17. The largest absolute Gasteiger partial charge is 0.454 e. The third kappa shape index (κ3) is 8.21. The third-order valence-electron chi connectivity index (χ3n) is 7.36. The minimum atomic E-state index is -3.58. The number of carbonyl (C=O) groups excluding carboxylic acids is 2. The van der Waals surface area contributed by atoms with Crippen LogP contribution in [0.15, 0.2) is 102 Å². The van der Waals surface area contributed by atoms with E-state index >= 15 is 0 Å². The van der Waals surface area contributed by atoms with Crippen LogP contribution in [0.25, 0.3) is 0 Å². The molecule has 1 atom stereocenters. The molecule has 11 heteroatoms. The van der Waals surface area contributed by atoms with E-state index in [1.54, 1.807) is 42.2 Å². The zero-order valence-electron chi connectivity index (χ0n) is 24.7. The second-order valence-electron chi connectivity index (χ2n) is 10.5. The molecule has 4 aromatic rings. The first kappa shape index (κ1) is 32.0. The van der Waals surface area contributed by atoms with Gasteiger partial charge in [-0.1, -0.05) is 79.2 Å². The quantitative estimate of drug-likeness (QED) is 0.201. The Labute approximate surface area is 268 Å². The van der Waals surface area contributed by atoms with Crippen molar-refractivity contribution in [3.05, 3.63) is 124 Å². The van der Waals surface area contributed by atoms with Crippen LogP contribution in [0.5, 0.6) is 11.5 Å². The maximum Gasteiger partial charge on any atom is 0.247 e. The van der Waals surface area contributed by atoms with Crippen molar-refractivity contribution in [2.24, 2.45) is 0 Å². The van der Waals surface area contributed by atoms with Crippen LogP contribution in [0.4, 0.5) is 0 Å². The van der Waals surface area contributed by atoms with Crippen molar-refractivity contribution in [3.8, 4) is 11.5 Å². The Bertz CT molecular complexity index is 1730. The summed E-state index contributed by atoms with van der Waals surface area (Å²) in [4.78, 5) is 29.7. The normalized spacial score (nSPS) is 12.8. The molecule has 1 unspecified atom stereocenters. The predicted octanol–water partition coefficient (Wildman–Crippen LogP) is 5.39. The molecule has 0 saturated carbocycles. The number of nitrogens with zero attached hydrogens (tertiary/aromatic N) is 1. The molecule has 1 aliphatic rings. The van der Waals surface area contributed by atoms with E-state index in [2.05, 4.69) is 10.0 Å². The van der Waals surface area contributed by atoms with Gasteiger partial charge in [0.15, 0.2) is 11.5 Å². The highest BCUT2D eigenvalue weighted by molar-refractivity contribution is 7.89. The molecule has 1 heterocycles. The monoisotopic (exact) mass is 647 g/mol. The number of ether oxygens (including phenoxy) is 2. The Balaban J connectivity index is 1.38. The fraction of sp³-hybridized carbons (Fsp3) is 0.235. The molecule has 0 radical (unpaired) electrons. The van der Waals surface area contributed by atoms with Crippen molar-refractivity contribution in [1.82, 2.24) is 14.9 Å². The average molecular weight is 648 g/mol. The molecule has 0 aliphatic carbocycles. The molecule has 0 fully saturated rings. The Hall–Kier alpha value is -4.38. The van der Waals surface area contributed by atoms with Crippen molar-refractivity contribution in [3.63, 3.8) is 0 Å². The number of nitrogens with one attached hydrogen (secondary N) is 2. The lowest BCUT2D eigenvalue weighted by molar-refractivity contribution is -0.141. The number of hydrogen-bond donors (Lipinski definition) is 2. The summed E-state index contributed by atoms with van der Waals surface area (Å²) in [6.07, 6.45) is 0.462. The van der Waals surface area contributed by atoms with E-state index in [0.717, 1.165) is 16.7 Å². The van der Waals surface area contributed by atoms with Gasteiger partial charge in [-0.15, -0.1) is 0 Å². The predicted molar refractivity (Wildman–Crippen MR) is 171 cm³/mol. The lowest BCUT2D eigenvalue weighted by Crippen LogP contribution is -2.43. The number of rotatable bonds is 13. The Morgan fingerprint density at radius 3 is 2.24 bits per heavy atom. The summed E-state index contributed by atoms with van der Waals surface area (Å²) in [5.41, 5.74) is 3.11. The van der Waals surface area contributed by atoms with Gasteiger partial charge in [-0.3, -0.25) is 9.59 Å². The Kier molecular flexibility index (Phi) is 10.4. The van der Waals surface area contributed by atoms with E-state index in [0.29, 0.717) is 28.5 Å². The maximum absolute atomic E-state index is 14.0. The molecule has 2 amide bonds. The van der Waals surface area contributed by atoms with Gasteiger partial charge in [-0.05, 0) is 65.1 Å². The fourth-order valence-corrected chi connectivity index (χ4v) is 6.23. The maximum atomic E-state index is 14.0. The van der Waals surface area contributed by atoms with Crippen LogP contribution in [0.2, 0.25) is 5.02 Å². The summed E-state index contributed by atoms with van der Waals surface area (Å²) < 4.78 is 38.0. The number of hydrogen-bond acceptors (Lipinski definition) is 6. The standard InChI is InChI=1S/C34H34ClN3O6S/c1-2-37-45(41,42)29-16-10-24(11-17-29)13-19-32(39)38(22-25-8-14-28(35)15-9-25)33(27-6-4-3-5-7-27)34(40)36-21-26-12-18-30-31(20-26)44-23-43-30/h3-12,14-18,20,33,37H,2,13,19,21-23H2,1H3,(H,36,40). The molecular formula is C34H34ClN3O6S. The number of benzene rings is 4. The number of fused-ring (bicyclic) bond motifs is 1. The molecule has 1 aliphatic heterocycles. The van der Waals surface area contributed by atoms with Gasteiger partial charge in [0, 0.05) is 31.1 Å². The second kappa shape index (κ2) is 14.6. The van der Waals surface area contributed by atoms with Crippen LogP contribution < -0.4 is 19.5 Å². The van der Waals surface area contributed by atoms with Crippen LogP contribution in [0.1, 0.15) is 41.6 Å². The van der Waals surface area contributed by atoms with Crippen LogP contribution in [-0.2, 0) is 39.1 Å². The molecule has 2 N–H and O–H groups in total. The van der Waals surface area contributed by atoms with Gasteiger partial charge in [0.2, 0.25) is 28.6 Å². The molecule has 45 heavy (non-hydrogen) atoms. The minimum absolute atomic E-state index is 0.103. The summed E-state index contributed by atoms with van der Waals surface area (Å²) in [7, 11) is -3.58. The van der Waals surface area contributed by atoms with Gasteiger partial charge in [-0.25, -0.2) is 13.1 Å². The number of amides is 2. The highest BCUT2D eigenvalue weighted by Crippen LogP contribution is 2.33. The smallest absolute Gasteiger partial charge is 0.247 e. The summed E-state index contributed by atoms with van der Waals surface area (Å²) in [6.45, 7) is 2.56. The van der Waals surface area contributed by atoms with Gasteiger partial charge in [0.25, 0.3) is 0 Å². The minimum Gasteiger partial charge on any atom is -0.454 e. The highest BCUT2D eigenvalue weighted by Gasteiger charge is 2.31. The first-order chi connectivity index (χ1) is 21.7. The molecule has 0 aromatic heterocycles. The number of halogens is 1. The van der Waals surface area contributed by atoms with Crippen molar-refractivity contribution >= 4 is 33.4 Å². The lowest BCUT2D eigenvalue weighted by atomic mass is 10.0. The van der Waals surface area contributed by atoms with Crippen molar-refractivity contribution < 1.29 is 27.5 Å². The number of sulfonamides is 1. The van der Waals surface area contributed by atoms with Crippen molar-refractivity contribution in [2.75, 3.05) is 13.3 Å². The van der Waals surface area contributed by atoms with Gasteiger partial charge in [0.05, 0.1) is 4.90 Å². The molecule has 234 valence electrons. The van der Waals surface area contributed by atoms with Crippen molar-refractivity contribution in [1.29, 1.82) is 0 Å². The van der Waals surface area contributed by atoms with Gasteiger partial charge in [0.1, 0.15) is 6.04 Å². The van der Waals surface area contributed by atoms with Gasteiger partial charge in [-0.2, -0.15) is 0 Å². The summed E-state index contributed by atoms with van der Waals surface area (Å²) >= 11 is 6.13. The van der Waals surface area contributed by atoms with E-state index < -0.39 is 16.1 Å². The summed E-state index contributed by atoms with van der Waals surface area (Å²) in [6, 6.07) is 27.4. The molecule has 5 rings (SSSR count). The zero-order chi connectivity index (χ0) is 31.8. The number of carbonyl (C=O) groups is 2. The SMILES string of the molecule is CCNS(=O)(=O)c1ccc(CCC(=O)N(Cc2ccc(Cl)cc2)C(C(=O)NCc2ccc3c(c2)OCO3)c2ccccc2)cc1. The fourth-order valence-electron chi connectivity index (χ4n) is 5.06. The molecule has 9 nitrogen and oxygen atoms in total. The zero-order valence-corrected chi connectivity index (χ0v) is 26.3. The first-order valence-corrected chi connectivity index (χ1v) is 16.4. The molecule has 4 aromatic carbocycles. The van der Waals surface area contributed by atoms with Crippen LogP contribution in [-0.4, -0.2) is 38.5 Å². The van der Waals surface area contributed by atoms with E-state index in [1.165, 1.54) is 12.1 Å². The Morgan fingerprint density at radius 2 is 1.53 bits per heavy atom. The first-order valence-electron chi connectivity index (χ1n) is 14.6. The molecule has 0 spiro atoms. The number of aryl methyl sites for hydroxylation is 1. The van der Waals surface area contributed by atoms with Crippen LogP contribution in [0, 0.1) is 0 Å². The van der Waals surface area contributed by atoms with Crippen molar-refractivity contribution in [2.45, 2.75) is 43.8 Å². The lowest BCUT2D eigenvalue weighted by Gasteiger charge is -2.32. The average Bonchev–Trinajstić information content (AvgIpc) is 3.52. The van der Waals surface area contributed by atoms with E-state index in [1.807, 2.05) is 54.6 Å². The van der Waals surface area contributed by atoms with E-state index in [4.69, 9.17) is 21.1 Å². The van der Waals surface area contributed by atoms with Crippen LogP contribution in [0.3, 0.4) is 0 Å². The summed E-state index contributed by atoms with van der Waals surface area (Å²) in [5.74, 6) is 0.703. The van der Waals surface area contributed by atoms with Gasteiger partial charge >= 0.3 is 0 Å². The van der Waals surface area contributed by atoms with Crippen LogP contribution >= 0.6 is 11.6 Å². The summed E-state index contributed by atoms with van der Waals surface area (Å²) in [5, 5.41) is 3.58. The Morgan fingerprint density at radius 1 is 0.867 bits per heavy atom. The highest BCUT2D eigenvalue weighted by atomic mass is 35.5. The topological polar surface area (TPSA) is 114 Å². The van der Waals surface area contributed by atoms with Gasteiger partial charge < -0.3 is 19.7 Å².